The number of aliphatic carboxylic acids is 1. The van der Waals surface area contributed by atoms with Gasteiger partial charge in [0.2, 0.25) is 17.7 Å². The first-order valence-corrected chi connectivity index (χ1v) is 11.4. The number of carbonyl (C=O) groups is 4. The third-order valence-corrected chi connectivity index (χ3v) is 7.22. The summed E-state index contributed by atoms with van der Waals surface area (Å²) in [7, 11) is 2.00. The number of hydrogen-bond acceptors (Lipinski definition) is 6. The van der Waals surface area contributed by atoms with Crippen LogP contribution < -0.4 is 10.2 Å². The Morgan fingerprint density at radius 3 is 2.44 bits per heavy atom. The van der Waals surface area contributed by atoms with Crippen LogP contribution in [0.5, 0.6) is 0 Å². The summed E-state index contributed by atoms with van der Waals surface area (Å²) in [4.78, 5) is 55.8. The first-order valence-electron chi connectivity index (χ1n) is 11.4. The van der Waals surface area contributed by atoms with Crippen LogP contribution in [0, 0.1) is 11.8 Å². The van der Waals surface area contributed by atoms with Crippen molar-refractivity contribution in [1.82, 2.24) is 15.2 Å². The molecule has 0 radical (unpaired) electrons. The molecule has 1 aromatic rings. The molecule has 1 aromatic heterocycles. The molecule has 2 atom stereocenters. The third-order valence-electron chi connectivity index (χ3n) is 7.22. The Labute approximate surface area is 187 Å². The minimum atomic E-state index is -0.818. The van der Waals surface area contributed by atoms with E-state index < -0.39 is 11.9 Å². The highest BCUT2D eigenvalue weighted by Crippen LogP contribution is 2.32. The summed E-state index contributed by atoms with van der Waals surface area (Å²) in [5.41, 5.74) is 0.812. The SMILES string of the molecule is CN(c1ccc(C2CCC(=O)NC2=O)cn1)C1CCC(C(=O)N2CC[C@@H](C(=O)O)C2)CC1. The number of carboxylic acid groups (broad SMARTS) is 1. The van der Waals surface area contributed by atoms with Crippen LogP contribution >= 0.6 is 0 Å². The first-order chi connectivity index (χ1) is 15.3. The van der Waals surface area contributed by atoms with Crippen molar-refractivity contribution in [1.29, 1.82) is 0 Å². The highest BCUT2D eigenvalue weighted by molar-refractivity contribution is 6.00. The molecule has 0 bridgehead atoms. The van der Waals surface area contributed by atoms with Crippen molar-refractivity contribution in [3.05, 3.63) is 23.9 Å². The van der Waals surface area contributed by atoms with Crippen molar-refractivity contribution in [3.63, 3.8) is 0 Å². The van der Waals surface area contributed by atoms with E-state index in [2.05, 4.69) is 15.2 Å². The number of carbonyl (C=O) groups excluding carboxylic acids is 3. The Kier molecular flexibility index (Phi) is 6.43. The highest BCUT2D eigenvalue weighted by Gasteiger charge is 2.36. The predicted octanol–water partition coefficient (Wildman–Crippen LogP) is 1.53. The molecule has 3 aliphatic rings. The molecule has 2 saturated heterocycles. The van der Waals surface area contributed by atoms with Crippen molar-refractivity contribution < 1.29 is 24.3 Å². The van der Waals surface area contributed by atoms with E-state index in [-0.39, 0.29) is 35.6 Å². The van der Waals surface area contributed by atoms with Gasteiger partial charge in [-0.25, -0.2) is 4.98 Å². The molecule has 4 rings (SSSR count). The zero-order chi connectivity index (χ0) is 22.8. The summed E-state index contributed by atoms with van der Waals surface area (Å²) in [5.74, 6) is -1.20. The van der Waals surface area contributed by atoms with Crippen LogP contribution in [0.3, 0.4) is 0 Å². The molecule has 3 heterocycles. The number of hydrogen-bond donors (Lipinski definition) is 2. The highest BCUT2D eigenvalue weighted by atomic mass is 16.4. The molecular formula is C23H30N4O5. The van der Waals surface area contributed by atoms with Crippen LogP contribution in [0.15, 0.2) is 18.3 Å². The molecule has 1 saturated carbocycles. The van der Waals surface area contributed by atoms with E-state index in [4.69, 9.17) is 5.11 Å². The molecular weight excluding hydrogens is 412 g/mol. The van der Waals surface area contributed by atoms with Gasteiger partial charge in [0.15, 0.2) is 0 Å². The Morgan fingerprint density at radius 1 is 1.09 bits per heavy atom. The molecule has 9 nitrogen and oxygen atoms in total. The van der Waals surface area contributed by atoms with Gasteiger partial charge in [-0.05, 0) is 50.2 Å². The third kappa shape index (κ3) is 4.61. The Balaban J connectivity index is 1.30. The number of imide groups is 1. The van der Waals surface area contributed by atoms with Crippen LogP contribution in [0.2, 0.25) is 0 Å². The van der Waals surface area contributed by atoms with Crippen molar-refractivity contribution >= 4 is 29.5 Å². The van der Waals surface area contributed by atoms with E-state index in [0.717, 1.165) is 37.1 Å². The number of nitrogens with zero attached hydrogens (tertiary/aromatic N) is 3. The number of rotatable bonds is 5. The molecule has 1 unspecified atom stereocenters. The molecule has 2 N–H and O–H groups in total. The largest absolute Gasteiger partial charge is 0.481 e. The summed E-state index contributed by atoms with van der Waals surface area (Å²) in [6, 6.07) is 4.09. The molecule has 2 aliphatic heterocycles. The summed E-state index contributed by atoms with van der Waals surface area (Å²) in [5, 5.41) is 11.5. The van der Waals surface area contributed by atoms with Gasteiger partial charge >= 0.3 is 5.97 Å². The monoisotopic (exact) mass is 442 g/mol. The van der Waals surface area contributed by atoms with Gasteiger partial charge in [-0.3, -0.25) is 24.5 Å². The molecule has 0 spiro atoms. The van der Waals surface area contributed by atoms with Crippen molar-refractivity contribution in [3.8, 4) is 0 Å². The summed E-state index contributed by atoms with van der Waals surface area (Å²) < 4.78 is 0. The Bertz CT molecular complexity index is 894. The average Bonchev–Trinajstić information content (AvgIpc) is 3.29. The quantitative estimate of drug-likeness (QED) is 0.664. The number of piperidine rings is 1. The van der Waals surface area contributed by atoms with E-state index in [1.165, 1.54) is 0 Å². The van der Waals surface area contributed by atoms with Crippen molar-refractivity contribution in [2.45, 2.75) is 56.9 Å². The number of amides is 3. The predicted molar refractivity (Wildman–Crippen MR) is 116 cm³/mol. The fraction of sp³-hybridized carbons (Fsp3) is 0.609. The van der Waals surface area contributed by atoms with Gasteiger partial charge in [-0.15, -0.1) is 0 Å². The summed E-state index contributed by atoms with van der Waals surface area (Å²) in [6.45, 7) is 0.872. The first kappa shape index (κ1) is 22.2. The maximum Gasteiger partial charge on any atom is 0.308 e. The second kappa shape index (κ2) is 9.26. The fourth-order valence-corrected chi connectivity index (χ4v) is 5.14. The number of carboxylic acids is 1. The van der Waals surface area contributed by atoms with Crippen LogP contribution in [0.4, 0.5) is 5.82 Å². The van der Waals surface area contributed by atoms with Crippen molar-refractivity contribution in [2.24, 2.45) is 11.8 Å². The minimum Gasteiger partial charge on any atom is -0.481 e. The molecule has 3 amide bonds. The van der Waals surface area contributed by atoms with Gasteiger partial charge in [0, 0.05) is 44.7 Å². The van der Waals surface area contributed by atoms with E-state index in [0.29, 0.717) is 32.4 Å². The zero-order valence-electron chi connectivity index (χ0n) is 18.3. The lowest BCUT2D eigenvalue weighted by molar-refractivity contribution is -0.142. The molecule has 1 aliphatic carbocycles. The number of likely N-dealkylation sites (tertiary alicyclic amines) is 1. The standard InChI is InChI=1S/C23H30N4O5/c1-26(19-8-4-15(12-24-19)18-7-9-20(28)25-21(18)29)17-5-2-14(3-6-17)22(30)27-11-10-16(13-27)23(31)32/h4,8,12,14,16-18H,2-3,5-7,9-11,13H2,1H3,(H,31,32)(H,25,28,29)/t14?,16-,17?,18?/m1/s1. The van der Waals surface area contributed by atoms with Crippen LogP contribution in [-0.2, 0) is 19.2 Å². The topological polar surface area (TPSA) is 120 Å². The van der Waals surface area contributed by atoms with Gasteiger partial charge in [-0.2, -0.15) is 0 Å². The summed E-state index contributed by atoms with van der Waals surface area (Å²) >= 11 is 0. The van der Waals surface area contributed by atoms with Gasteiger partial charge in [0.1, 0.15) is 5.82 Å². The maximum atomic E-state index is 12.8. The number of pyridine rings is 1. The van der Waals surface area contributed by atoms with Gasteiger partial charge in [-0.1, -0.05) is 6.07 Å². The second-order valence-corrected chi connectivity index (χ2v) is 9.18. The average molecular weight is 443 g/mol. The minimum absolute atomic E-state index is 0.0324. The summed E-state index contributed by atoms with van der Waals surface area (Å²) in [6.07, 6.45) is 6.43. The van der Waals surface area contributed by atoms with Gasteiger partial charge < -0.3 is 14.9 Å². The molecule has 172 valence electrons. The fourth-order valence-electron chi connectivity index (χ4n) is 5.14. The lowest BCUT2D eigenvalue weighted by Crippen LogP contribution is -2.41. The zero-order valence-corrected chi connectivity index (χ0v) is 18.3. The van der Waals surface area contributed by atoms with Gasteiger partial charge in [0.25, 0.3) is 0 Å². The van der Waals surface area contributed by atoms with Crippen molar-refractivity contribution in [2.75, 3.05) is 25.0 Å². The number of nitrogens with one attached hydrogen (secondary N) is 1. The van der Waals surface area contributed by atoms with E-state index in [1.54, 1.807) is 11.1 Å². The van der Waals surface area contributed by atoms with E-state index in [9.17, 15) is 19.2 Å². The molecule has 0 aromatic carbocycles. The molecule has 3 fully saturated rings. The number of aromatic nitrogens is 1. The second-order valence-electron chi connectivity index (χ2n) is 9.18. The lowest BCUT2D eigenvalue weighted by Gasteiger charge is -2.36. The van der Waals surface area contributed by atoms with Crippen LogP contribution in [0.25, 0.3) is 0 Å². The van der Waals surface area contributed by atoms with Crippen LogP contribution in [-0.4, -0.2) is 64.9 Å². The number of anilines is 1. The van der Waals surface area contributed by atoms with Crippen LogP contribution in [0.1, 0.15) is 56.4 Å². The molecule has 32 heavy (non-hydrogen) atoms. The Hall–Kier alpha value is -2.97. The van der Waals surface area contributed by atoms with Gasteiger partial charge in [0.05, 0.1) is 11.8 Å². The smallest absolute Gasteiger partial charge is 0.308 e. The normalized spacial score (nSPS) is 28.3. The molecule has 9 heteroatoms. The van der Waals surface area contributed by atoms with E-state index in [1.807, 2.05) is 19.2 Å². The Morgan fingerprint density at radius 2 is 1.84 bits per heavy atom. The van der Waals surface area contributed by atoms with E-state index >= 15 is 0 Å². The maximum absolute atomic E-state index is 12.8. The lowest BCUT2D eigenvalue weighted by atomic mass is 9.84.